The van der Waals surface area contributed by atoms with Crippen molar-refractivity contribution in [3.05, 3.63) is 71.7 Å². The smallest absolute Gasteiger partial charge is 0.191 e. The van der Waals surface area contributed by atoms with Gasteiger partial charge in [0.15, 0.2) is 5.96 Å². The molecule has 1 aliphatic rings. The number of hydrogen-bond acceptors (Lipinski definition) is 3. The summed E-state index contributed by atoms with van der Waals surface area (Å²) in [5.74, 6) is 0.851. The second-order valence-electron chi connectivity index (χ2n) is 8.22. The first kappa shape index (κ1) is 21.4. The van der Waals surface area contributed by atoms with Gasteiger partial charge in [-0.05, 0) is 56.1 Å². The second kappa shape index (κ2) is 11.0. The van der Waals surface area contributed by atoms with E-state index in [-0.39, 0.29) is 0 Å². The summed E-state index contributed by atoms with van der Waals surface area (Å²) in [5, 5.41) is 6.77. The van der Waals surface area contributed by atoms with Gasteiger partial charge in [0.25, 0.3) is 0 Å². The number of nitrogens with one attached hydrogen (secondary N) is 2. The number of fused-ring (bicyclic) bond motifs is 1. The summed E-state index contributed by atoms with van der Waals surface area (Å²) in [7, 11) is 0. The highest BCUT2D eigenvalue weighted by Gasteiger charge is 2.10. The number of hydrogen-bond donors (Lipinski definition) is 2. The molecule has 0 amide bonds. The van der Waals surface area contributed by atoms with Gasteiger partial charge in [0.1, 0.15) is 5.65 Å². The van der Waals surface area contributed by atoms with Crippen LogP contribution >= 0.6 is 0 Å². The number of likely N-dealkylation sites (tertiary alicyclic amines) is 1. The number of imidazole rings is 1. The van der Waals surface area contributed by atoms with Gasteiger partial charge in [-0.1, -0.05) is 36.8 Å². The Labute approximate surface area is 185 Å². The first-order valence-corrected chi connectivity index (χ1v) is 11.5. The topological polar surface area (TPSA) is 57.0 Å². The van der Waals surface area contributed by atoms with Crippen LogP contribution in [0.15, 0.2) is 59.9 Å². The van der Waals surface area contributed by atoms with Crippen molar-refractivity contribution in [2.45, 2.75) is 45.7 Å². The van der Waals surface area contributed by atoms with E-state index < -0.39 is 0 Å². The highest BCUT2D eigenvalue weighted by atomic mass is 15.2. The minimum Gasteiger partial charge on any atom is -0.357 e. The number of guanidine groups is 1. The van der Waals surface area contributed by atoms with E-state index in [9.17, 15) is 0 Å². The third-order valence-electron chi connectivity index (χ3n) is 5.73. The van der Waals surface area contributed by atoms with Crippen molar-refractivity contribution in [1.29, 1.82) is 0 Å². The molecule has 164 valence electrons. The molecule has 3 aromatic rings. The second-order valence-corrected chi connectivity index (χ2v) is 8.22. The summed E-state index contributed by atoms with van der Waals surface area (Å²) in [6.45, 7) is 7.94. The van der Waals surface area contributed by atoms with Crippen LogP contribution < -0.4 is 10.6 Å². The van der Waals surface area contributed by atoms with Crippen LogP contribution in [0.2, 0.25) is 0 Å². The van der Waals surface area contributed by atoms with Crippen molar-refractivity contribution in [3.63, 3.8) is 0 Å². The van der Waals surface area contributed by atoms with Crippen LogP contribution in [0, 0.1) is 0 Å². The van der Waals surface area contributed by atoms with Gasteiger partial charge >= 0.3 is 0 Å². The molecule has 2 N–H and O–H groups in total. The van der Waals surface area contributed by atoms with E-state index in [1.807, 2.05) is 24.4 Å². The summed E-state index contributed by atoms with van der Waals surface area (Å²) < 4.78 is 2.06. The number of aliphatic imine (C=N–C) groups is 1. The van der Waals surface area contributed by atoms with Crippen LogP contribution in [-0.4, -0.2) is 46.4 Å². The summed E-state index contributed by atoms with van der Waals surface area (Å²) in [6, 6.07) is 15.0. The van der Waals surface area contributed by atoms with E-state index in [1.54, 1.807) is 0 Å². The van der Waals surface area contributed by atoms with Gasteiger partial charge in [-0.3, -0.25) is 4.90 Å². The predicted molar refractivity (Wildman–Crippen MR) is 127 cm³/mol. The fourth-order valence-electron chi connectivity index (χ4n) is 4.05. The van der Waals surface area contributed by atoms with Gasteiger partial charge in [0.05, 0.1) is 12.2 Å². The average molecular weight is 419 g/mol. The Balaban J connectivity index is 1.27. The number of rotatable bonds is 8. The third-order valence-corrected chi connectivity index (χ3v) is 5.73. The number of aromatic nitrogens is 2. The molecule has 1 aliphatic heterocycles. The van der Waals surface area contributed by atoms with Gasteiger partial charge < -0.3 is 15.0 Å². The van der Waals surface area contributed by atoms with Gasteiger partial charge in [0.2, 0.25) is 0 Å². The van der Waals surface area contributed by atoms with E-state index in [0.717, 1.165) is 43.4 Å². The SMILES string of the molecule is CCNC(=NCc1ccc(CN2CCCCC2)cc1)NCCc1cn2ccccc2n1. The molecule has 2 aromatic heterocycles. The van der Waals surface area contributed by atoms with Crippen molar-refractivity contribution >= 4 is 11.6 Å². The molecule has 6 heteroatoms. The Kier molecular flexibility index (Phi) is 7.56. The Morgan fingerprint density at radius 2 is 1.81 bits per heavy atom. The Hall–Kier alpha value is -2.86. The number of pyridine rings is 1. The van der Waals surface area contributed by atoms with Crippen LogP contribution in [0.3, 0.4) is 0 Å². The zero-order valence-electron chi connectivity index (χ0n) is 18.6. The summed E-state index contributed by atoms with van der Waals surface area (Å²) in [5.41, 5.74) is 4.70. The fourth-order valence-corrected chi connectivity index (χ4v) is 4.05. The first-order valence-electron chi connectivity index (χ1n) is 11.5. The predicted octanol–water partition coefficient (Wildman–Crippen LogP) is 3.62. The lowest BCUT2D eigenvalue weighted by Gasteiger charge is -2.26. The van der Waals surface area contributed by atoms with Crippen LogP contribution in [0.5, 0.6) is 0 Å². The number of piperidine rings is 1. The van der Waals surface area contributed by atoms with Crippen LogP contribution in [0.1, 0.15) is 43.0 Å². The lowest BCUT2D eigenvalue weighted by Crippen LogP contribution is -2.38. The number of benzene rings is 1. The maximum atomic E-state index is 4.76. The van der Waals surface area contributed by atoms with Crippen molar-refractivity contribution in [3.8, 4) is 0 Å². The van der Waals surface area contributed by atoms with Crippen molar-refractivity contribution < 1.29 is 0 Å². The Morgan fingerprint density at radius 3 is 2.58 bits per heavy atom. The highest BCUT2D eigenvalue weighted by molar-refractivity contribution is 5.79. The molecule has 0 unspecified atom stereocenters. The molecule has 0 radical (unpaired) electrons. The maximum absolute atomic E-state index is 4.76. The molecule has 0 saturated carbocycles. The molecule has 0 aliphatic carbocycles. The molecule has 6 nitrogen and oxygen atoms in total. The van der Waals surface area contributed by atoms with E-state index >= 15 is 0 Å². The van der Waals surface area contributed by atoms with Gasteiger partial charge in [0, 0.05) is 38.4 Å². The lowest BCUT2D eigenvalue weighted by atomic mass is 10.1. The minimum atomic E-state index is 0.674. The Morgan fingerprint density at radius 1 is 1.00 bits per heavy atom. The molecule has 31 heavy (non-hydrogen) atoms. The van der Waals surface area contributed by atoms with Crippen molar-refractivity contribution in [2.75, 3.05) is 26.2 Å². The van der Waals surface area contributed by atoms with Gasteiger partial charge in [-0.25, -0.2) is 9.98 Å². The fraction of sp³-hybridized carbons (Fsp3) is 0.440. The quantitative estimate of drug-likeness (QED) is 0.433. The molecule has 1 aromatic carbocycles. The monoisotopic (exact) mass is 418 g/mol. The minimum absolute atomic E-state index is 0.674. The lowest BCUT2D eigenvalue weighted by molar-refractivity contribution is 0.221. The van der Waals surface area contributed by atoms with E-state index in [2.05, 4.69) is 62.3 Å². The number of nitrogens with zero attached hydrogens (tertiary/aromatic N) is 4. The van der Waals surface area contributed by atoms with Crippen molar-refractivity contribution in [1.82, 2.24) is 24.9 Å². The maximum Gasteiger partial charge on any atom is 0.191 e. The molecule has 0 bridgehead atoms. The summed E-state index contributed by atoms with van der Waals surface area (Å²) in [4.78, 5) is 12.0. The van der Waals surface area contributed by atoms with E-state index in [4.69, 9.17) is 4.99 Å². The molecular weight excluding hydrogens is 384 g/mol. The molecule has 1 saturated heterocycles. The Bertz CT molecular complexity index is 936. The standard InChI is InChI=1S/C25H34N6/c1-2-26-25(27-14-13-23-20-31-17-7-4-8-24(31)29-23)28-18-21-9-11-22(12-10-21)19-30-15-5-3-6-16-30/h4,7-12,17,20H,2-3,5-6,13-16,18-19H2,1H3,(H2,26,27,28). The van der Waals surface area contributed by atoms with Crippen LogP contribution in [0.4, 0.5) is 0 Å². The largest absolute Gasteiger partial charge is 0.357 e. The molecular formula is C25H34N6. The molecule has 0 spiro atoms. The molecule has 0 atom stereocenters. The van der Waals surface area contributed by atoms with Crippen LogP contribution in [-0.2, 0) is 19.5 Å². The average Bonchev–Trinajstić information content (AvgIpc) is 3.22. The first-order chi connectivity index (χ1) is 15.3. The zero-order chi connectivity index (χ0) is 21.3. The van der Waals surface area contributed by atoms with Crippen molar-refractivity contribution in [2.24, 2.45) is 4.99 Å². The third kappa shape index (κ3) is 6.31. The van der Waals surface area contributed by atoms with Gasteiger partial charge in [-0.2, -0.15) is 0 Å². The zero-order valence-corrected chi connectivity index (χ0v) is 18.6. The van der Waals surface area contributed by atoms with Crippen LogP contribution in [0.25, 0.3) is 5.65 Å². The summed E-state index contributed by atoms with van der Waals surface area (Å²) >= 11 is 0. The molecule has 1 fully saturated rings. The molecule has 3 heterocycles. The highest BCUT2D eigenvalue weighted by Crippen LogP contribution is 2.14. The normalized spacial score (nSPS) is 15.3. The summed E-state index contributed by atoms with van der Waals surface area (Å²) in [6.07, 6.45) is 9.04. The molecule has 4 rings (SSSR count). The van der Waals surface area contributed by atoms with E-state index in [0.29, 0.717) is 6.54 Å². The van der Waals surface area contributed by atoms with E-state index in [1.165, 1.54) is 43.5 Å². The van der Waals surface area contributed by atoms with Gasteiger partial charge in [-0.15, -0.1) is 0 Å².